The van der Waals surface area contributed by atoms with Crippen molar-refractivity contribution in [3.63, 3.8) is 0 Å². The molecule has 4 nitrogen and oxygen atoms in total. The number of benzene rings is 1. The maximum Gasteiger partial charge on any atom is 0.123 e. The first-order chi connectivity index (χ1) is 9.29. The van der Waals surface area contributed by atoms with Crippen LogP contribution in [0.1, 0.15) is 24.8 Å². The third kappa shape index (κ3) is 4.40. The molecular formula is C15H24N2O2. The predicted molar refractivity (Wildman–Crippen MR) is 76.7 cm³/mol. The number of aromatic hydroxyl groups is 1. The molecule has 0 aromatic heterocycles. The number of nitrogens with zero attached hydrogens (tertiary/aromatic N) is 1. The quantitative estimate of drug-likeness (QED) is 0.771. The highest BCUT2D eigenvalue weighted by Gasteiger charge is 2.09. The lowest BCUT2D eigenvalue weighted by molar-refractivity contribution is 0.229. The van der Waals surface area contributed by atoms with Gasteiger partial charge in [0.05, 0.1) is 7.11 Å². The predicted octanol–water partition coefficient (Wildman–Crippen LogP) is 1.98. The van der Waals surface area contributed by atoms with Crippen LogP contribution in [0, 0.1) is 0 Å². The Bertz CT molecular complexity index is 390. The lowest BCUT2D eigenvalue weighted by Gasteiger charge is -2.26. The molecule has 19 heavy (non-hydrogen) atoms. The van der Waals surface area contributed by atoms with Crippen LogP contribution in [0.2, 0.25) is 0 Å². The van der Waals surface area contributed by atoms with Gasteiger partial charge in [-0.25, -0.2) is 0 Å². The van der Waals surface area contributed by atoms with E-state index in [0.717, 1.165) is 18.7 Å². The lowest BCUT2D eigenvalue weighted by atomic mass is 10.1. The summed E-state index contributed by atoms with van der Waals surface area (Å²) in [5, 5.41) is 13.2. The second-order valence-corrected chi connectivity index (χ2v) is 5.07. The number of nitrogens with one attached hydrogen (secondary N) is 1. The van der Waals surface area contributed by atoms with E-state index in [1.165, 1.54) is 32.4 Å². The summed E-state index contributed by atoms with van der Waals surface area (Å²) in [6, 6.07) is 5.44. The first kappa shape index (κ1) is 14.2. The molecule has 0 spiro atoms. The first-order valence-electron chi connectivity index (χ1n) is 7.08. The number of ether oxygens (including phenoxy) is 1. The van der Waals surface area contributed by atoms with Gasteiger partial charge in [-0.15, -0.1) is 0 Å². The number of hydrogen-bond donors (Lipinski definition) is 2. The topological polar surface area (TPSA) is 44.7 Å². The Balaban J connectivity index is 1.70. The molecule has 0 unspecified atom stereocenters. The molecule has 0 aliphatic carbocycles. The van der Waals surface area contributed by atoms with E-state index in [9.17, 15) is 5.11 Å². The van der Waals surface area contributed by atoms with E-state index >= 15 is 0 Å². The first-order valence-corrected chi connectivity index (χ1v) is 7.08. The number of hydrogen-bond acceptors (Lipinski definition) is 4. The molecule has 1 saturated heterocycles. The van der Waals surface area contributed by atoms with E-state index in [4.69, 9.17) is 4.74 Å². The Kier molecular flexibility index (Phi) is 5.48. The maximum atomic E-state index is 9.84. The zero-order valence-electron chi connectivity index (χ0n) is 11.7. The Labute approximate surface area is 115 Å². The molecule has 2 N–H and O–H groups in total. The van der Waals surface area contributed by atoms with Crippen molar-refractivity contribution >= 4 is 0 Å². The van der Waals surface area contributed by atoms with Crippen LogP contribution in [0.3, 0.4) is 0 Å². The van der Waals surface area contributed by atoms with Gasteiger partial charge < -0.3 is 20.1 Å². The molecule has 1 fully saturated rings. The summed E-state index contributed by atoms with van der Waals surface area (Å²) >= 11 is 0. The van der Waals surface area contributed by atoms with Crippen molar-refractivity contribution in [3.8, 4) is 11.5 Å². The zero-order chi connectivity index (χ0) is 13.5. The summed E-state index contributed by atoms with van der Waals surface area (Å²) in [6.07, 6.45) is 4.04. The van der Waals surface area contributed by atoms with Gasteiger partial charge in [0.25, 0.3) is 0 Å². The summed E-state index contributed by atoms with van der Waals surface area (Å²) in [6.45, 7) is 5.22. The summed E-state index contributed by atoms with van der Waals surface area (Å²) in [7, 11) is 1.60. The van der Waals surface area contributed by atoms with Crippen molar-refractivity contribution in [3.05, 3.63) is 23.8 Å². The SMILES string of the molecule is COc1ccc(CNCCN2CCCCC2)c(O)c1. The van der Waals surface area contributed by atoms with E-state index in [1.807, 2.05) is 12.1 Å². The monoisotopic (exact) mass is 264 g/mol. The molecule has 0 amide bonds. The van der Waals surface area contributed by atoms with Gasteiger partial charge in [0.15, 0.2) is 0 Å². The highest BCUT2D eigenvalue weighted by Crippen LogP contribution is 2.22. The van der Waals surface area contributed by atoms with Gasteiger partial charge >= 0.3 is 0 Å². The molecule has 1 aliphatic rings. The Morgan fingerprint density at radius 1 is 1.26 bits per heavy atom. The largest absolute Gasteiger partial charge is 0.507 e. The van der Waals surface area contributed by atoms with Gasteiger partial charge in [-0.05, 0) is 32.0 Å². The van der Waals surface area contributed by atoms with Gasteiger partial charge in [-0.3, -0.25) is 0 Å². The third-order valence-electron chi connectivity index (χ3n) is 3.66. The minimum Gasteiger partial charge on any atom is -0.507 e. The standard InChI is InChI=1S/C15H24N2O2/c1-19-14-6-5-13(15(18)11-14)12-16-7-10-17-8-3-2-4-9-17/h5-6,11,16,18H,2-4,7-10,12H2,1H3. The second-order valence-electron chi connectivity index (χ2n) is 5.07. The Morgan fingerprint density at radius 2 is 2.05 bits per heavy atom. The van der Waals surface area contributed by atoms with Gasteiger partial charge in [0.2, 0.25) is 0 Å². The molecule has 0 radical (unpaired) electrons. The van der Waals surface area contributed by atoms with Crippen LogP contribution >= 0.6 is 0 Å². The number of phenols is 1. The van der Waals surface area contributed by atoms with Gasteiger partial charge in [-0.2, -0.15) is 0 Å². The van der Waals surface area contributed by atoms with Crippen LogP contribution in [0.15, 0.2) is 18.2 Å². The molecule has 0 saturated carbocycles. The minimum atomic E-state index is 0.296. The van der Waals surface area contributed by atoms with E-state index in [-0.39, 0.29) is 0 Å². The van der Waals surface area contributed by atoms with Gasteiger partial charge in [0.1, 0.15) is 11.5 Å². The molecule has 1 heterocycles. The van der Waals surface area contributed by atoms with Crippen LogP contribution in [0.25, 0.3) is 0 Å². The average molecular weight is 264 g/mol. The van der Waals surface area contributed by atoms with Crippen LogP contribution in [0.4, 0.5) is 0 Å². The number of piperidine rings is 1. The normalized spacial score (nSPS) is 16.5. The molecular weight excluding hydrogens is 240 g/mol. The summed E-state index contributed by atoms with van der Waals surface area (Å²) in [4.78, 5) is 2.50. The fourth-order valence-corrected chi connectivity index (χ4v) is 2.46. The van der Waals surface area contributed by atoms with Gasteiger partial charge in [0, 0.05) is 31.3 Å². The van der Waals surface area contributed by atoms with E-state index in [1.54, 1.807) is 13.2 Å². The third-order valence-corrected chi connectivity index (χ3v) is 3.66. The zero-order valence-corrected chi connectivity index (χ0v) is 11.7. The highest BCUT2D eigenvalue weighted by molar-refractivity contribution is 5.39. The number of rotatable bonds is 6. The maximum absolute atomic E-state index is 9.84. The lowest BCUT2D eigenvalue weighted by Crippen LogP contribution is -2.35. The molecule has 1 aliphatic heterocycles. The van der Waals surface area contributed by atoms with Gasteiger partial charge in [-0.1, -0.05) is 12.5 Å². The van der Waals surface area contributed by atoms with Crippen LogP contribution in [-0.4, -0.2) is 43.3 Å². The van der Waals surface area contributed by atoms with Crippen molar-refractivity contribution in [1.82, 2.24) is 10.2 Å². The summed E-state index contributed by atoms with van der Waals surface area (Å²) in [5.41, 5.74) is 0.916. The average Bonchev–Trinajstić information content (AvgIpc) is 2.46. The van der Waals surface area contributed by atoms with E-state index in [2.05, 4.69) is 10.2 Å². The summed E-state index contributed by atoms with van der Waals surface area (Å²) < 4.78 is 5.07. The van der Waals surface area contributed by atoms with Crippen LogP contribution in [0.5, 0.6) is 11.5 Å². The van der Waals surface area contributed by atoms with Crippen molar-refractivity contribution in [2.24, 2.45) is 0 Å². The molecule has 4 heteroatoms. The van der Waals surface area contributed by atoms with Crippen molar-refractivity contribution in [1.29, 1.82) is 0 Å². The van der Waals surface area contributed by atoms with Crippen molar-refractivity contribution in [2.75, 3.05) is 33.3 Å². The van der Waals surface area contributed by atoms with Crippen molar-refractivity contribution in [2.45, 2.75) is 25.8 Å². The number of methoxy groups -OCH3 is 1. The number of phenolic OH excluding ortho intramolecular Hbond substituents is 1. The van der Waals surface area contributed by atoms with Crippen LogP contribution < -0.4 is 10.1 Å². The van der Waals surface area contributed by atoms with E-state index in [0.29, 0.717) is 18.0 Å². The van der Waals surface area contributed by atoms with E-state index < -0.39 is 0 Å². The molecule has 1 aromatic carbocycles. The molecule has 1 aromatic rings. The smallest absolute Gasteiger partial charge is 0.123 e. The molecule has 0 bridgehead atoms. The minimum absolute atomic E-state index is 0.296. The van der Waals surface area contributed by atoms with Crippen LogP contribution in [-0.2, 0) is 6.54 Å². The molecule has 106 valence electrons. The number of likely N-dealkylation sites (tertiary alicyclic amines) is 1. The Morgan fingerprint density at radius 3 is 2.74 bits per heavy atom. The fourth-order valence-electron chi connectivity index (χ4n) is 2.46. The Hall–Kier alpha value is -1.26. The molecule has 2 rings (SSSR count). The summed E-state index contributed by atoms with van der Waals surface area (Å²) in [5.74, 6) is 0.986. The highest BCUT2D eigenvalue weighted by atomic mass is 16.5. The van der Waals surface area contributed by atoms with Crippen molar-refractivity contribution < 1.29 is 9.84 Å². The second kappa shape index (κ2) is 7.36. The molecule has 0 atom stereocenters. The fraction of sp³-hybridized carbons (Fsp3) is 0.600.